The number of aryl methyl sites for hydroxylation is 2. The van der Waals surface area contributed by atoms with E-state index in [-0.39, 0.29) is 0 Å². The highest BCUT2D eigenvalue weighted by Gasteiger charge is 2.28. The first-order valence-corrected chi connectivity index (χ1v) is 7.48. The van der Waals surface area contributed by atoms with Crippen LogP contribution in [-0.4, -0.2) is 26.8 Å². The number of nitrogens with one attached hydrogen (secondary N) is 2. The van der Waals surface area contributed by atoms with Crippen LogP contribution in [0.2, 0.25) is 0 Å². The normalized spacial score (nSPS) is 14.3. The highest BCUT2D eigenvalue weighted by molar-refractivity contribution is 5.65. The van der Waals surface area contributed by atoms with E-state index in [1.807, 2.05) is 31.9 Å². The second kappa shape index (κ2) is 5.35. The number of aromatic nitrogens is 4. The van der Waals surface area contributed by atoms with Gasteiger partial charge in [-0.25, -0.2) is 9.97 Å². The van der Waals surface area contributed by atoms with Crippen LogP contribution in [0, 0.1) is 6.92 Å². The monoisotopic (exact) mass is 286 g/mol. The lowest BCUT2D eigenvalue weighted by Gasteiger charge is -2.13. The third-order valence-electron chi connectivity index (χ3n) is 3.84. The van der Waals surface area contributed by atoms with Crippen molar-refractivity contribution in [2.24, 2.45) is 7.05 Å². The van der Waals surface area contributed by atoms with Gasteiger partial charge in [-0.1, -0.05) is 6.92 Å². The zero-order valence-corrected chi connectivity index (χ0v) is 13.1. The second-order valence-electron chi connectivity index (χ2n) is 5.57. The van der Waals surface area contributed by atoms with Gasteiger partial charge in [0.1, 0.15) is 17.5 Å². The van der Waals surface area contributed by atoms with Gasteiger partial charge in [0, 0.05) is 31.8 Å². The van der Waals surface area contributed by atoms with E-state index in [0.717, 1.165) is 40.8 Å². The van der Waals surface area contributed by atoms with E-state index in [4.69, 9.17) is 4.98 Å². The highest BCUT2D eigenvalue weighted by Crippen LogP contribution is 2.39. The Morgan fingerprint density at radius 2 is 2.00 bits per heavy atom. The standard InChI is InChI=1S/C15H22N6/c1-5-11-12(8-21(4)20-11)17-14-9(2)13(16-3)18-15(19-14)10-6-7-10/h8,10H,5-7H2,1-4H3,(H2,16,17,18,19). The Kier molecular flexibility index (Phi) is 3.53. The topological polar surface area (TPSA) is 67.7 Å². The Labute approximate surface area is 125 Å². The van der Waals surface area contributed by atoms with E-state index in [0.29, 0.717) is 5.92 Å². The van der Waals surface area contributed by atoms with Crippen molar-refractivity contribution >= 4 is 17.3 Å². The molecule has 2 aromatic heterocycles. The number of rotatable bonds is 5. The van der Waals surface area contributed by atoms with Gasteiger partial charge in [0.25, 0.3) is 0 Å². The molecule has 0 amide bonds. The predicted molar refractivity (Wildman–Crippen MR) is 84.2 cm³/mol. The summed E-state index contributed by atoms with van der Waals surface area (Å²) in [6, 6.07) is 0. The highest BCUT2D eigenvalue weighted by atomic mass is 15.3. The molecule has 2 aromatic rings. The molecule has 0 atom stereocenters. The van der Waals surface area contributed by atoms with Crippen LogP contribution >= 0.6 is 0 Å². The van der Waals surface area contributed by atoms with E-state index in [9.17, 15) is 0 Å². The van der Waals surface area contributed by atoms with Gasteiger partial charge in [0.2, 0.25) is 0 Å². The molecule has 0 aliphatic heterocycles. The molecule has 112 valence electrons. The van der Waals surface area contributed by atoms with E-state index in [2.05, 4.69) is 27.6 Å². The number of hydrogen-bond donors (Lipinski definition) is 2. The van der Waals surface area contributed by atoms with Crippen molar-refractivity contribution in [3.63, 3.8) is 0 Å². The van der Waals surface area contributed by atoms with Crippen LogP contribution in [-0.2, 0) is 13.5 Å². The van der Waals surface area contributed by atoms with Crippen molar-refractivity contribution in [1.82, 2.24) is 19.7 Å². The van der Waals surface area contributed by atoms with E-state index in [1.165, 1.54) is 12.8 Å². The maximum absolute atomic E-state index is 4.72. The lowest BCUT2D eigenvalue weighted by atomic mass is 10.2. The fourth-order valence-corrected chi connectivity index (χ4v) is 2.45. The third-order valence-corrected chi connectivity index (χ3v) is 3.84. The molecule has 21 heavy (non-hydrogen) atoms. The minimum Gasteiger partial charge on any atom is -0.373 e. The molecule has 0 radical (unpaired) electrons. The second-order valence-corrected chi connectivity index (χ2v) is 5.57. The molecule has 0 saturated heterocycles. The zero-order valence-electron chi connectivity index (χ0n) is 13.1. The summed E-state index contributed by atoms with van der Waals surface area (Å²) in [5, 5.41) is 11.1. The molecule has 2 heterocycles. The molecule has 1 aliphatic rings. The Morgan fingerprint density at radius 1 is 1.29 bits per heavy atom. The Balaban J connectivity index is 1.98. The van der Waals surface area contributed by atoms with E-state index in [1.54, 1.807) is 0 Å². The number of anilines is 3. The Hall–Kier alpha value is -2.11. The van der Waals surface area contributed by atoms with Crippen molar-refractivity contribution in [1.29, 1.82) is 0 Å². The van der Waals surface area contributed by atoms with Gasteiger partial charge in [-0.3, -0.25) is 4.68 Å². The van der Waals surface area contributed by atoms with Crippen LogP contribution in [0.15, 0.2) is 6.20 Å². The van der Waals surface area contributed by atoms with Gasteiger partial charge in [-0.15, -0.1) is 0 Å². The van der Waals surface area contributed by atoms with Crippen molar-refractivity contribution in [3.05, 3.63) is 23.3 Å². The van der Waals surface area contributed by atoms with Crippen LogP contribution in [0.25, 0.3) is 0 Å². The average molecular weight is 286 g/mol. The van der Waals surface area contributed by atoms with Gasteiger partial charge < -0.3 is 10.6 Å². The first kappa shape index (κ1) is 13.9. The van der Waals surface area contributed by atoms with Crippen LogP contribution in [0.5, 0.6) is 0 Å². The van der Waals surface area contributed by atoms with Crippen LogP contribution in [0.3, 0.4) is 0 Å². The van der Waals surface area contributed by atoms with Gasteiger partial charge in [0.15, 0.2) is 0 Å². The quantitative estimate of drug-likeness (QED) is 0.884. The third kappa shape index (κ3) is 2.70. The minimum atomic E-state index is 0.526. The summed E-state index contributed by atoms with van der Waals surface area (Å²) < 4.78 is 1.83. The molecular weight excluding hydrogens is 264 g/mol. The lowest BCUT2D eigenvalue weighted by molar-refractivity contribution is 0.746. The predicted octanol–water partition coefficient (Wildman–Crippen LogP) is 2.74. The summed E-state index contributed by atoms with van der Waals surface area (Å²) in [6.07, 6.45) is 5.27. The fraction of sp³-hybridized carbons (Fsp3) is 0.533. The van der Waals surface area contributed by atoms with Gasteiger partial charge in [-0.2, -0.15) is 5.10 Å². The summed E-state index contributed by atoms with van der Waals surface area (Å²) in [7, 11) is 3.84. The maximum Gasteiger partial charge on any atom is 0.139 e. The summed E-state index contributed by atoms with van der Waals surface area (Å²) in [5.74, 6) is 3.24. The van der Waals surface area contributed by atoms with Crippen LogP contribution in [0.1, 0.15) is 42.8 Å². The molecule has 0 unspecified atom stereocenters. The van der Waals surface area contributed by atoms with Crippen LogP contribution < -0.4 is 10.6 Å². The Bertz CT molecular complexity index is 656. The molecule has 1 fully saturated rings. The molecule has 1 aliphatic carbocycles. The average Bonchev–Trinajstić information content (AvgIpc) is 3.25. The SMILES string of the molecule is CCc1nn(C)cc1Nc1nc(C2CC2)nc(NC)c1C. The van der Waals surface area contributed by atoms with Crippen molar-refractivity contribution < 1.29 is 0 Å². The van der Waals surface area contributed by atoms with E-state index >= 15 is 0 Å². The first-order chi connectivity index (χ1) is 10.1. The number of nitrogens with zero attached hydrogens (tertiary/aromatic N) is 4. The smallest absolute Gasteiger partial charge is 0.139 e. The fourth-order valence-electron chi connectivity index (χ4n) is 2.45. The molecule has 0 spiro atoms. The van der Waals surface area contributed by atoms with Crippen molar-refractivity contribution in [3.8, 4) is 0 Å². The van der Waals surface area contributed by atoms with Gasteiger partial charge in [-0.05, 0) is 26.2 Å². The summed E-state index contributed by atoms with van der Waals surface area (Å²) in [5.41, 5.74) is 3.10. The van der Waals surface area contributed by atoms with Crippen molar-refractivity contribution in [2.45, 2.75) is 39.0 Å². The van der Waals surface area contributed by atoms with E-state index < -0.39 is 0 Å². The summed E-state index contributed by atoms with van der Waals surface area (Å²) in [6.45, 7) is 4.14. The molecule has 1 saturated carbocycles. The van der Waals surface area contributed by atoms with Crippen molar-refractivity contribution in [2.75, 3.05) is 17.7 Å². The lowest BCUT2D eigenvalue weighted by Crippen LogP contribution is -2.07. The molecule has 6 nitrogen and oxygen atoms in total. The first-order valence-electron chi connectivity index (χ1n) is 7.48. The minimum absolute atomic E-state index is 0.526. The zero-order chi connectivity index (χ0) is 15.0. The van der Waals surface area contributed by atoms with Gasteiger partial charge in [0.05, 0.1) is 11.4 Å². The molecule has 6 heteroatoms. The molecular formula is C15H22N6. The largest absolute Gasteiger partial charge is 0.373 e. The van der Waals surface area contributed by atoms with Crippen LogP contribution in [0.4, 0.5) is 17.3 Å². The van der Waals surface area contributed by atoms with Gasteiger partial charge >= 0.3 is 0 Å². The molecule has 3 rings (SSSR count). The summed E-state index contributed by atoms with van der Waals surface area (Å²) in [4.78, 5) is 9.34. The molecule has 0 bridgehead atoms. The molecule has 2 N–H and O–H groups in total. The summed E-state index contributed by atoms with van der Waals surface area (Å²) >= 11 is 0. The maximum atomic E-state index is 4.72. The number of hydrogen-bond acceptors (Lipinski definition) is 5. The Morgan fingerprint density at radius 3 is 2.62 bits per heavy atom. The molecule has 0 aromatic carbocycles.